The SMILES string of the molecule is Cc1ccc2sc(N3CCC(N(C)C(=O)c4cc(C)n(C)n4)CC3)nc2c1C. The first-order chi connectivity index (χ1) is 13.3. The van der Waals surface area contributed by atoms with E-state index in [-0.39, 0.29) is 11.9 Å². The highest BCUT2D eigenvalue weighted by molar-refractivity contribution is 7.22. The summed E-state index contributed by atoms with van der Waals surface area (Å²) in [6.07, 6.45) is 1.89. The Balaban J connectivity index is 1.44. The number of rotatable bonds is 3. The van der Waals surface area contributed by atoms with Crippen molar-refractivity contribution in [3.8, 4) is 0 Å². The van der Waals surface area contributed by atoms with E-state index in [1.165, 1.54) is 15.8 Å². The van der Waals surface area contributed by atoms with Gasteiger partial charge in [-0.3, -0.25) is 9.48 Å². The van der Waals surface area contributed by atoms with Gasteiger partial charge in [0.2, 0.25) is 0 Å². The lowest BCUT2D eigenvalue weighted by molar-refractivity contribution is 0.0702. The maximum atomic E-state index is 12.8. The normalized spacial score (nSPS) is 15.4. The number of benzene rings is 1. The zero-order valence-electron chi connectivity index (χ0n) is 17.2. The highest BCUT2D eigenvalue weighted by atomic mass is 32.1. The number of nitrogens with zero attached hydrogens (tertiary/aromatic N) is 5. The number of aryl methyl sites for hydroxylation is 4. The molecule has 1 aliphatic heterocycles. The molecule has 3 aromatic rings. The van der Waals surface area contributed by atoms with Crippen molar-refractivity contribution in [3.63, 3.8) is 0 Å². The Morgan fingerprint density at radius 3 is 2.57 bits per heavy atom. The summed E-state index contributed by atoms with van der Waals surface area (Å²) >= 11 is 1.77. The van der Waals surface area contributed by atoms with Crippen LogP contribution < -0.4 is 4.90 Å². The van der Waals surface area contributed by atoms with Gasteiger partial charge >= 0.3 is 0 Å². The van der Waals surface area contributed by atoms with Crippen LogP contribution >= 0.6 is 11.3 Å². The van der Waals surface area contributed by atoms with Crippen LogP contribution in [0, 0.1) is 20.8 Å². The van der Waals surface area contributed by atoms with E-state index in [1.807, 2.05) is 32.0 Å². The van der Waals surface area contributed by atoms with E-state index in [0.29, 0.717) is 5.69 Å². The standard InChI is InChI=1S/C21H27N5OS/c1-13-6-7-18-19(15(13)3)22-21(28-18)26-10-8-16(9-11-26)24(4)20(27)17-12-14(2)25(5)23-17/h6-7,12,16H,8-11H2,1-5H3. The van der Waals surface area contributed by atoms with Crippen molar-refractivity contribution in [2.45, 2.75) is 39.7 Å². The van der Waals surface area contributed by atoms with Crippen molar-refractivity contribution >= 4 is 32.6 Å². The molecule has 0 saturated carbocycles. The second kappa shape index (κ2) is 7.20. The first-order valence-corrected chi connectivity index (χ1v) is 10.6. The van der Waals surface area contributed by atoms with Crippen LogP contribution in [0.5, 0.6) is 0 Å². The average Bonchev–Trinajstić information content (AvgIpc) is 3.28. The second-order valence-electron chi connectivity index (χ2n) is 7.78. The van der Waals surface area contributed by atoms with Crippen LogP contribution in [0.25, 0.3) is 10.2 Å². The molecule has 3 heterocycles. The minimum absolute atomic E-state index is 0.00763. The Kier molecular flexibility index (Phi) is 4.87. The van der Waals surface area contributed by atoms with E-state index in [1.54, 1.807) is 16.0 Å². The summed E-state index contributed by atoms with van der Waals surface area (Å²) in [5, 5.41) is 5.43. The Hall–Kier alpha value is -2.41. The molecule has 148 valence electrons. The summed E-state index contributed by atoms with van der Waals surface area (Å²) in [6.45, 7) is 8.08. The second-order valence-corrected chi connectivity index (χ2v) is 8.79. The Morgan fingerprint density at radius 1 is 1.21 bits per heavy atom. The third-order valence-electron chi connectivity index (χ3n) is 6.01. The molecule has 1 amide bonds. The number of hydrogen-bond donors (Lipinski definition) is 0. The Bertz CT molecular complexity index is 1010. The number of fused-ring (bicyclic) bond motifs is 1. The zero-order valence-corrected chi connectivity index (χ0v) is 18.0. The van der Waals surface area contributed by atoms with E-state index >= 15 is 0 Å². The lowest BCUT2D eigenvalue weighted by atomic mass is 10.0. The van der Waals surface area contributed by atoms with E-state index < -0.39 is 0 Å². The summed E-state index contributed by atoms with van der Waals surface area (Å²) in [5.74, 6) is 0.00763. The fourth-order valence-electron chi connectivity index (χ4n) is 3.81. The number of carbonyl (C=O) groups excluding carboxylic acids is 1. The number of piperidine rings is 1. The minimum Gasteiger partial charge on any atom is -0.348 e. The lowest BCUT2D eigenvalue weighted by Crippen LogP contribution is -2.45. The average molecular weight is 398 g/mol. The maximum absolute atomic E-state index is 12.8. The van der Waals surface area contributed by atoms with Gasteiger partial charge in [-0.05, 0) is 56.9 Å². The smallest absolute Gasteiger partial charge is 0.274 e. The van der Waals surface area contributed by atoms with Crippen LogP contribution in [-0.2, 0) is 7.05 Å². The fraction of sp³-hybridized carbons (Fsp3) is 0.476. The van der Waals surface area contributed by atoms with Crippen molar-refractivity contribution < 1.29 is 4.79 Å². The summed E-state index contributed by atoms with van der Waals surface area (Å²) in [5.41, 5.74) is 5.20. The fourth-order valence-corrected chi connectivity index (χ4v) is 4.88. The predicted octanol–water partition coefficient (Wildman–Crippen LogP) is 3.70. The maximum Gasteiger partial charge on any atom is 0.274 e. The van der Waals surface area contributed by atoms with Gasteiger partial charge in [-0.1, -0.05) is 17.4 Å². The molecule has 0 aliphatic carbocycles. The number of aromatic nitrogens is 3. The molecule has 1 fully saturated rings. The molecule has 0 spiro atoms. The van der Waals surface area contributed by atoms with Gasteiger partial charge < -0.3 is 9.80 Å². The molecular formula is C21H27N5OS. The van der Waals surface area contributed by atoms with E-state index in [2.05, 4.69) is 36.0 Å². The van der Waals surface area contributed by atoms with Gasteiger partial charge in [-0.15, -0.1) is 0 Å². The number of amides is 1. The van der Waals surface area contributed by atoms with Gasteiger partial charge in [0.25, 0.3) is 5.91 Å². The van der Waals surface area contributed by atoms with E-state index in [9.17, 15) is 4.79 Å². The molecule has 0 N–H and O–H groups in total. The molecule has 7 heteroatoms. The van der Waals surface area contributed by atoms with Crippen molar-refractivity contribution in [3.05, 3.63) is 40.7 Å². The van der Waals surface area contributed by atoms with Crippen LogP contribution in [0.15, 0.2) is 18.2 Å². The van der Waals surface area contributed by atoms with Crippen molar-refractivity contribution in [1.29, 1.82) is 0 Å². The van der Waals surface area contributed by atoms with Gasteiger partial charge in [-0.25, -0.2) is 4.98 Å². The number of thiazole rings is 1. The zero-order chi connectivity index (χ0) is 20.0. The van der Waals surface area contributed by atoms with Gasteiger partial charge in [-0.2, -0.15) is 5.10 Å². The highest BCUT2D eigenvalue weighted by Gasteiger charge is 2.28. The van der Waals surface area contributed by atoms with Gasteiger partial charge in [0, 0.05) is 38.9 Å². The van der Waals surface area contributed by atoms with Crippen LogP contribution in [0.4, 0.5) is 5.13 Å². The largest absolute Gasteiger partial charge is 0.348 e. The minimum atomic E-state index is 0.00763. The molecule has 4 rings (SSSR count). The molecule has 0 radical (unpaired) electrons. The van der Waals surface area contributed by atoms with E-state index in [4.69, 9.17) is 4.98 Å². The van der Waals surface area contributed by atoms with E-state index in [0.717, 1.165) is 42.3 Å². The molecule has 0 bridgehead atoms. The van der Waals surface area contributed by atoms with Gasteiger partial charge in [0.15, 0.2) is 10.8 Å². The summed E-state index contributed by atoms with van der Waals surface area (Å²) in [7, 11) is 3.77. The molecule has 1 aromatic carbocycles. The van der Waals surface area contributed by atoms with Crippen molar-refractivity contribution in [2.24, 2.45) is 7.05 Å². The third-order valence-corrected chi connectivity index (χ3v) is 7.09. The number of anilines is 1. The molecule has 0 unspecified atom stereocenters. The van der Waals surface area contributed by atoms with Gasteiger partial charge in [0.1, 0.15) is 0 Å². The summed E-state index contributed by atoms with van der Waals surface area (Å²) in [4.78, 5) is 21.9. The Morgan fingerprint density at radius 2 is 1.93 bits per heavy atom. The molecule has 0 atom stereocenters. The summed E-state index contributed by atoms with van der Waals surface area (Å²) < 4.78 is 3.00. The first kappa shape index (κ1) is 18.9. The van der Waals surface area contributed by atoms with Gasteiger partial charge in [0.05, 0.1) is 10.2 Å². The molecular weight excluding hydrogens is 370 g/mol. The van der Waals surface area contributed by atoms with Crippen LogP contribution in [0.1, 0.15) is 40.2 Å². The number of hydrogen-bond acceptors (Lipinski definition) is 5. The third kappa shape index (κ3) is 3.28. The molecule has 1 aliphatic rings. The molecule has 6 nitrogen and oxygen atoms in total. The molecule has 2 aromatic heterocycles. The van der Waals surface area contributed by atoms with Crippen molar-refractivity contribution in [1.82, 2.24) is 19.7 Å². The first-order valence-electron chi connectivity index (χ1n) is 9.74. The van der Waals surface area contributed by atoms with Crippen LogP contribution in [0.2, 0.25) is 0 Å². The Labute approximate surface area is 169 Å². The van der Waals surface area contributed by atoms with Crippen LogP contribution in [-0.4, -0.2) is 51.8 Å². The molecule has 1 saturated heterocycles. The summed E-state index contributed by atoms with van der Waals surface area (Å²) in [6, 6.07) is 6.45. The quantitative estimate of drug-likeness (QED) is 0.676. The lowest BCUT2D eigenvalue weighted by Gasteiger charge is -2.36. The topological polar surface area (TPSA) is 54.3 Å². The molecule has 28 heavy (non-hydrogen) atoms. The highest BCUT2D eigenvalue weighted by Crippen LogP contribution is 2.33. The number of carbonyl (C=O) groups is 1. The monoisotopic (exact) mass is 397 g/mol. The predicted molar refractivity (Wildman–Crippen MR) is 114 cm³/mol. The van der Waals surface area contributed by atoms with Crippen LogP contribution in [0.3, 0.4) is 0 Å². The van der Waals surface area contributed by atoms with Crippen molar-refractivity contribution in [2.75, 3.05) is 25.0 Å².